The van der Waals surface area contributed by atoms with Crippen molar-refractivity contribution in [2.75, 3.05) is 40.2 Å². The standard InChI is InChI=1S/C18H23BrN6O2/c1-24(2)10-12-4-6-13(7-5-12)11-25-16-14(21-17(25)19)15(20)22-18(23-16)27-9-8-26-3/h4-7H,8-11H2,1-3H3,(H2,20,22,23). The van der Waals surface area contributed by atoms with E-state index in [9.17, 15) is 0 Å². The summed E-state index contributed by atoms with van der Waals surface area (Å²) >= 11 is 3.50. The van der Waals surface area contributed by atoms with E-state index in [2.05, 4.69) is 74.1 Å². The molecule has 0 radical (unpaired) electrons. The van der Waals surface area contributed by atoms with Gasteiger partial charge in [-0.2, -0.15) is 9.97 Å². The molecule has 0 saturated heterocycles. The molecule has 0 unspecified atom stereocenters. The van der Waals surface area contributed by atoms with Gasteiger partial charge in [-0.25, -0.2) is 4.98 Å². The first-order valence-electron chi connectivity index (χ1n) is 8.51. The van der Waals surface area contributed by atoms with Crippen LogP contribution >= 0.6 is 15.9 Å². The number of nitrogens with zero attached hydrogens (tertiary/aromatic N) is 5. The predicted molar refractivity (Wildman–Crippen MR) is 108 cm³/mol. The lowest BCUT2D eigenvalue weighted by Gasteiger charge is -2.11. The summed E-state index contributed by atoms with van der Waals surface area (Å²) < 4.78 is 13.1. The van der Waals surface area contributed by atoms with Crippen molar-refractivity contribution in [1.29, 1.82) is 0 Å². The molecule has 2 heterocycles. The molecule has 0 fully saturated rings. The van der Waals surface area contributed by atoms with Crippen molar-refractivity contribution in [2.24, 2.45) is 0 Å². The molecule has 0 aliphatic carbocycles. The molecule has 3 rings (SSSR count). The number of nitrogens with two attached hydrogens (primary N) is 1. The number of ether oxygens (including phenoxy) is 2. The fourth-order valence-corrected chi connectivity index (χ4v) is 3.16. The van der Waals surface area contributed by atoms with Gasteiger partial charge in [0.25, 0.3) is 0 Å². The van der Waals surface area contributed by atoms with Gasteiger partial charge in [-0.05, 0) is 41.2 Å². The second kappa shape index (κ2) is 8.64. The molecule has 2 N–H and O–H groups in total. The fraction of sp³-hybridized carbons (Fsp3) is 0.389. The number of imidazole rings is 1. The minimum atomic E-state index is 0.215. The first-order chi connectivity index (χ1) is 13.0. The topological polar surface area (TPSA) is 91.3 Å². The largest absolute Gasteiger partial charge is 0.461 e. The lowest BCUT2D eigenvalue weighted by molar-refractivity contribution is 0.141. The first-order valence-corrected chi connectivity index (χ1v) is 9.30. The first kappa shape index (κ1) is 19.5. The Bertz CT molecular complexity index is 910. The van der Waals surface area contributed by atoms with Gasteiger partial charge in [-0.3, -0.25) is 4.57 Å². The van der Waals surface area contributed by atoms with Gasteiger partial charge >= 0.3 is 6.01 Å². The van der Waals surface area contributed by atoms with Crippen molar-refractivity contribution >= 4 is 32.9 Å². The summed E-state index contributed by atoms with van der Waals surface area (Å²) in [5, 5.41) is 0. The number of methoxy groups -OCH3 is 1. The van der Waals surface area contributed by atoms with Crippen molar-refractivity contribution in [3.63, 3.8) is 0 Å². The summed E-state index contributed by atoms with van der Waals surface area (Å²) in [4.78, 5) is 15.2. The number of aromatic nitrogens is 4. The molecule has 9 heteroatoms. The zero-order valence-electron chi connectivity index (χ0n) is 15.6. The number of nitrogen functional groups attached to an aromatic ring is 1. The predicted octanol–water partition coefficient (Wildman–Crippen LogP) is 2.31. The molecule has 2 aromatic heterocycles. The van der Waals surface area contributed by atoms with Crippen LogP contribution in [0.1, 0.15) is 11.1 Å². The maximum atomic E-state index is 6.04. The minimum absolute atomic E-state index is 0.215. The zero-order valence-corrected chi connectivity index (χ0v) is 17.2. The van der Waals surface area contributed by atoms with Crippen LogP contribution in [0.5, 0.6) is 6.01 Å². The van der Waals surface area contributed by atoms with Gasteiger partial charge in [0.2, 0.25) is 0 Å². The third-order valence-corrected chi connectivity index (χ3v) is 4.54. The number of hydrogen-bond acceptors (Lipinski definition) is 7. The van der Waals surface area contributed by atoms with E-state index in [0.29, 0.717) is 35.7 Å². The number of hydrogen-bond donors (Lipinski definition) is 1. The van der Waals surface area contributed by atoms with Gasteiger partial charge in [-0.15, -0.1) is 0 Å². The second-order valence-electron chi connectivity index (χ2n) is 6.43. The quantitative estimate of drug-likeness (QED) is 0.429. The van der Waals surface area contributed by atoms with E-state index in [1.807, 2.05) is 4.57 Å². The summed E-state index contributed by atoms with van der Waals surface area (Å²) in [6, 6.07) is 8.69. The van der Waals surface area contributed by atoms with Crippen LogP contribution < -0.4 is 10.5 Å². The van der Waals surface area contributed by atoms with Crippen LogP contribution in [-0.4, -0.2) is 58.8 Å². The third-order valence-electron chi connectivity index (χ3n) is 3.94. The van der Waals surface area contributed by atoms with Gasteiger partial charge in [0.15, 0.2) is 21.7 Å². The van der Waals surface area contributed by atoms with Gasteiger partial charge < -0.3 is 20.1 Å². The van der Waals surface area contributed by atoms with Gasteiger partial charge in [-0.1, -0.05) is 24.3 Å². The monoisotopic (exact) mass is 434 g/mol. The van der Waals surface area contributed by atoms with E-state index in [-0.39, 0.29) is 11.8 Å². The number of halogens is 1. The maximum absolute atomic E-state index is 6.04. The lowest BCUT2D eigenvalue weighted by atomic mass is 10.1. The summed E-state index contributed by atoms with van der Waals surface area (Å²) in [6.07, 6.45) is 0. The van der Waals surface area contributed by atoms with Crippen LogP contribution in [0.2, 0.25) is 0 Å². The lowest BCUT2D eigenvalue weighted by Crippen LogP contribution is -2.10. The van der Waals surface area contributed by atoms with Crippen LogP contribution in [0.4, 0.5) is 5.82 Å². The van der Waals surface area contributed by atoms with E-state index >= 15 is 0 Å². The third kappa shape index (κ3) is 4.74. The molecule has 0 amide bonds. The van der Waals surface area contributed by atoms with Crippen molar-refractivity contribution < 1.29 is 9.47 Å². The molecule has 3 aromatic rings. The minimum Gasteiger partial charge on any atom is -0.461 e. The molecule has 8 nitrogen and oxygen atoms in total. The molecule has 0 spiro atoms. The summed E-state index contributed by atoms with van der Waals surface area (Å²) in [7, 11) is 5.72. The molecular formula is C18H23BrN6O2. The van der Waals surface area contributed by atoms with Crippen LogP contribution in [0.15, 0.2) is 29.0 Å². The van der Waals surface area contributed by atoms with Crippen molar-refractivity contribution in [3.8, 4) is 6.01 Å². The summed E-state index contributed by atoms with van der Waals surface area (Å²) in [6.45, 7) is 2.31. The number of anilines is 1. The van der Waals surface area contributed by atoms with Crippen molar-refractivity contribution in [2.45, 2.75) is 13.1 Å². The molecule has 0 atom stereocenters. The van der Waals surface area contributed by atoms with Crippen molar-refractivity contribution in [3.05, 3.63) is 40.1 Å². The molecule has 0 aliphatic heterocycles. The highest BCUT2D eigenvalue weighted by atomic mass is 79.9. The fourth-order valence-electron chi connectivity index (χ4n) is 2.69. The van der Waals surface area contributed by atoms with Crippen LogP contribution in [0.3, 0.4) is 0 Å². The SMILES string of the molecule is COCCOc1nc(N)c2nc(Br)n(Cc3ccc(CN(C)C)cc3)c2n1. The average molecular weight is 435 g/mol. The van der Waals surface area contributed by atoms with Crippen LogP contribution in [0.25, 0.3) is 11.2 Å². The summed E-state index contributed by atoms with van der Waals surface area (Å²) in [5.74, 6) is 0.285. The molecule has 0 saturated carbocycles. The van der Waals surface area contributed by atoms with Crippen LogP contribution in [0, 0.1) is 0 Å². The van der Waals surface area contributed by atoms with Gasteiger partial charge in [0.05, 0.1) is 13.2 Å². The highest BCUT2D eigenvalue weighted by Gasteiger charge is 2.16. The second-order valence-corrected chi connectivity index (χ2v) is 7.14. The molecular weight excluding hydrogens is 412 g/mol. The van der Waals surface area contributed by atoms with E-state index in [4.69, 9.17) is 15.2 Å². The Morgan fingerprint density at radius 2 is 1.78 bits per heavy atom. The van der Waals surface area contributed by atoms with E-state index < -0.39 is 0 Å². The zero-order chi connectivity index (χ0) is 19.4. The van der Waals surface area contributed by atoms with Crippen LogP contribution in [-0.2, 0) is 17.8 Å². The Morgan fingerprint density at radius 1 is 1.07 bits per heavy atom. The Hall–Kier alpha value is -2.23. The number of rotatable bonds is 8. The molecule has 0 aliphatic rings. The van der Waals surface area contributed by atoms with E-state index in [1.54, 1.807) is 7.11 Å². The van der Waals surface area contributed by atoms with E-state index in [0.717, 1.165) is 12.1 Å². The van der Waals surface area contributed by atoms with Gasteiger partial charge in [0.1, 0.15) is 6.61 Å². The molecule has 27 heavy (non-hydrogen) atoms. The van der Waals surface area contributed by atoms with Gasteiger partial charge in [0, 0.05) is 13.7 Å². The molecule has 1 aromatic carbocycles. The molecule has 0 bridgehead atoms. The normalized spacial score (nSPS) is 11.4. The Labute approximate surface area is 166 Å². The Balaban J connectivity index is 1.87. The number of fused-ring (bicyclic) bond motifs is 1. The molecule has 144 valence electrons. The average Bonchev–Trinajstić information content (AvgIpc) is 2.93. The van der Waals surface area contributed by atoms with Crippen molar-refractivity contribution in [1.82, 2.24) is 24.4 Å². The summed E-state index contributed by atoms with van der Waals surface area (Å²) in [5.41, 5.74) is 9.61. The maximum Gasteiger partial charge on any atom is 0.320 e. The Kier molecular flexibility index (Phi) is 6.25. The highest BCUT2D eigenvalue weighted by Crippen LogP contribution is 2.25. The highest BCUT2D eigenvalue weighted by molar-refractivity contribution is 9.10. The number of benzene rings is 1. The smallest absolute Gasteiger partial charge is 0.320 e. The Morgan fingerprint density at radius 3 is 2.44 bits per heavy atom. The van der Waals surface area contributed by atoms with E-state index in [1.165, 1.54) is 5.56 Å².